The van der Waals surface area contributed by atoms with Crippen molar-refractivity contribution in [2.75, 3.05) is 11.9 Å². The number of hydrogen-bond acceptors (Lipinski definition) is 4. The smallest absolute Gasteiger partial charge is 0.337 e. The van der Waals surface area contributed by atoms with Gasteiger partial charge in [-0.15, -0.1) is 0 Å². The van der Waals surface area contributed by atoms with Crippen molar-refractivity contribution in [1.29, 1.82) is 0 Å². The van der Waals surface area contributed by atoms with Crippen LogP contribution in [0, 0.1) is 0 Å². The van der Waals surface area contributed by atoms with Gasteiger partial charge >= 0.3 is 5.97 Å². The van der Waals surface area contributed by atoms with E-state index in [1.54, 1.807) is 0 Å². The highest BCUT2D eigenvalue weighted by atomic mass is 32.2. The van der Waals surface area contributed by atoms with Crippen molar-refractivity contribution in [2.24, 2.45) is 0 Å². The number of aromatic carboxylic acids is 1. The Hall–Kier alpha value is -2.38. The predicted octanol–water partition coefficient (Wildman–Crippen LogP) is 3.08. The molecule has 6 nitrogen and oxygen atoms in total. The Balaban J connectivity index is 2.21. The number of carbonyl (C=O) groups is 1. The number of hydrogen-bond donors (Lipinski definition) is 3. The molecule has 0 radical (unpaired) electrons. The van der Waals surface area contributed by atoms with E-state index in [0.717, 1.165) is 18.4 Å². The summed E-state index contributed by atoms with van der Waals surface area (Å²) in [6.45, 7) is 2.74. The lowest BCUT2D eigenvalue weighted by Crippen LogP contribution is -2.25. The Morgan fingerprint density at radius 2 is 1.84 bits per heavy atom. The number of sulfonamides is 1. The zero-order valence-electron chi connectivity index (χ0n) is 14.0. The molecule has 0 aliphatic heterocycles. The number of unbranched alkanes of at least 4 members (excludes halogenated alkanes) is 1. The van der Waals surface area contributed by atoms with Crippen LogP contribution in [0.5, 0.6) is 0 Å². The van der Waals surface area contributed by atoms with Crippen LogP contribution in [0.15, 0.2) is 53.4 Å². The largest absolute Gasteiger partial charge is 0.478 e. The average molecular weight is 362 g/mol. The first-order chi connectivity index (χ1) is 11.9. The number of carboxylic acids is 1. The lowest BCUT2D eigenvalue weighted by molar-refractivity contribution is 0.0697. The molecule has 25 heavy (non-hydrogen) atoms. The van der Waals surface area contributed by atoms with Gasteiger partial charge in [0.25, 0.3) is 0 Å². The third-order valence-corrected chi connectivity index (χ3v) is 5.14. The average Bonchev–Trinajstić information content (AvgIpc) is 2.60. The molecule has 0 unspecified atom stereocenters. The van der Waals surface area contributed by atoms with E-state index >= 15 is 0 Å². The number of nitrogens with one attached hydrogen (secondary N) is 2. The van der Waals surface area contributed by atoms with E-state index in [4.69, 9.17) is 0 Å². The summed E-state index contributed by atoms with van der Waals surface area (Å²) in [6.07, 6.45) is 1.59. The standard InChI is InChI=1S/C18H22N2O4S/c1-2-3-11-20-25(23,24)15-9-10-17(16(12-15)18(21)22)19-13-14-7-5-4-6-8-14/h4-10,12,19-20H,2-3,11,13H2,1H3,(H,21,22). The molecule has 0 spiro atoms. The quantitative estimate of drug-likeness (QED) is 0.596. The van der Waals surface area contributed by atoms with Crippen LogP contribution < -0.4 is 10.0 Å². The second kappa shape index (κ2) is 8.64. The topological polar surface area (TPSA) is 95.5 Å². The Morgan fingerprint density at radius 1 is 1.12 bits per heavy atom. The number of anilines is 1. The molecule has 0 bridgehead atoms. The monoisotopic (exact) mass is 362 g/mol. The minimum Gasteiger partial charge on any atom is -0.478 e. The number of benzene rings is 2. The van der Waals surface area contributed by atoms with E-state index in [9.17, 15) is 18.3 Å². The Morgan fingerprint density at radius 3 is 2.48 bits per heavy atom. The molecule has 0 aliphatic carbocycles. The van der Waals surface area contributed by atoms with Crippen LogP contribution in [0.4, 0.5) is 5.69 Å². The van der Waals surface area contributed by atoms with Gasteiger partial charge in [0.05, 0.1) is 10.5 Å². The number of rotatable bonds is 9. The Kier molecular flexibility index (Phi) is 6.55. The van der Waals surface area contributed by atoms with Gasteiger partial charge in [0.15, 0.2) is 0 Å². The highest BCUT2D eigenvalue weighted by molar-refractivity contribution is 7.89. The second-order valence-corrected chi connectivity index (χ2v) is 7.37. The van der Waals surface area contributed by atoms with Crippen molar-refractivity contribution in [3.05, 3.63) is 59.7 Å². The first-order valence-electron chi connectivity index (χ1n) is 8.09. The molecule has 0 aliphatic rings. The van der Waals surface area contributed by atoms with Crippen molar-refractivity contribution in [3.63, 3.8) is 0 Å². The predicted molar refractivity (Wildman–Crippen MR) is 97.3 cm³/mol. The second-order valence-electron chi connectivity index (χ2n) is 5.60. The zero-order valence-corrected chi connectivity index (χ0v) is 14.8. The van der Waals surface area contributed by atoms with Gasteiger partial charge in [-0.25, -0.2) is 17.9 Å². The molecular formula is C18H22N2O4S. The van der Waals surface area contributed by atoms with Crippen LogP contribution >= 0.6 is 0 Å². The molecule has 2 rings (SSSR count). The van der Waals surface area contributed by atoms with Crippen LogP contribution in [0.3, 0.4) is 0 Å². The summed E-state index contributed by atoms with van der Waals surface area (Å²) >= 11 is 0. The van der Waals surface area contributed by atoms with Gasteiger partial charge < -0.3 is 10.4 Å². The molecule has 0 fully saturated rings. The third-order valence-electron chi connectivity index (χ3n) is 3.68. The maximum absolute atomic E-state index is 12.2. The van der Waals surface area contributed by atoms with E-state index in [0.29, 0.717) is 18.8 Å². The van der Waals surface area contributed by atoms with Crippen molar-refractivity contribution in [2.45, 2.75) is 31.2 Å². The first-order valence-corrected chi connectivity index (χ1v) is 9.57. The molecule has 0 amide bonds. The van der Waals surface area contributed by atoms with E-state index in [1.807, 2.05) is 37.3 Å². The molecular weight excluding hydrogens is 340 g/mol. The Labute approximate surface area is 147 Å². The molecule has 0 saturated carbocycles. The number of carboxylic acid groups (broad SMARTS) is 1. The van der Waals surface area contributed by atoms with Crippen LogP contribution in [-0.4, -0.2) is 26.0 Å². The first kappa shape index (κ1) is 19.0. The maximum atomic E-state index is 12.2. The van der Waals surface area contributed by atoms with Crippen molar-refractivity contribution < 1.29 is 18.3 Å². The molecule has 0 saturated heterocycles. The summed E-state index contributed by atoms with van der Waals surface area (Å²) in [7, 11) is -3.71. The fraction of sp³-hybridized carbons (Fsp3) is 0.278. The fourth-order valence-electron chi connectivity index (χ4n) is 2.28. The van der Waals surface area contributed by atoms with Crippen molar-refractivity contribution in [1.82, 2.24) is 4.72 Å². The summed E-state index contributed by atoms with van der Waals surface area (Å²) in [4.78, 5) is 11.5. The van der Waals surface area contributed by atoms with Gasteiger partial charge in [0.1, 0.15) is 0 Å². The fourth-order valence-corrected chi connectivity index (χ4v) is 3.38. The van der Waals surface area contributed by atoms with Gasteiger partial charge in [-0.2, -0.15) is 0 Å². The third kappa shape index (κ3) is 5.30. The minimum absolute atomic E-state index is 0.0498. The molecule has 0 aromatic heterocycles. The maximum Gasteiger partial charge on any atom is 0.337 e. The van der Waals surface area contributed by atoms with Gasteiger partial charge in [-0.1, -0.05) is 43.7 Å². The minimum atomic E-state index is -3.71. The van der Waals surface area contributed by atoms with E-state index in [2.05, 4.69) is 10.0 Å². The highest BCUT2D eigenvalue weighted by Gasteiger charge is 2.18. The van der Waals surface area contributed by atoms with Crippen molar-refractivity contribution >= 4 is 21.7 Å². The van der Waals surface area contributed by atoms with Gasteiger partial charge in [0, 0.05) is 18.8 Å². The molecule has 0 heterocycles. The molecule has 0 atom stereocenters. The van der Waals surface area contributed by atoms with E-state index in [-0.39, 0.29) is 10.5 Å². The summed E-state index contributed by atoms with van der Waals surface area (Å²) in [6, 6.07) is 13.6. The SMILES string of the molecule is CCCCNS(=O)(=O)c1ccc(NCc2ccccc2)c(C(=O)O)c1. The van der Waals surface area contributed by atoms with Crippen LogP contribution in [0.1, 0.15) is 35.7 Å². The molecule has 134 valence electrons. The van der Waals surface area contributed by atoms with E-state index in [1.165, 1.54) is 18.2 Å². The summed E-state index contributed by atoms with van der Waals surface area (Å²) in [5.41, 5.74) is 1.30. The molecule has 3 N–H and O–H groups in total. The Bertz CT molecular complexity index is 820. The molecule has 2 aromatic carbocycles. The van der Waals surface area contributed by atoms with Gasteiger partial charge in [-0.3, -0.25) is 0 Å². The van der Waals surface area contributed by atoms with Gasteiger partial charge in [-0.05, 0) is 30.2 Å². The lowest BCUT2D eigenvalue weighted by Gasteiger charge is -2.12. The zero-order chi connectivity index (χ0) is 18.3. The lowest BCUT2D eigenvalue weighted by atomic mass is 10.1. The van der Waals surface area contributed by atoms with Gasteiger partial charge in [0.2, 0.25) is 10.0 Å². The summed E-state index contributed by atoms with van der Waals surface area (Å²) in [5.74, 6) is -1.18. The van der Waals surface area contributed by atoms with Crippen LogP contribution in [0.25, 0.3) is 0 Å². The van der Waals surface area contributed by atoms with Crippen LogP contribution in [-0.2, 0) is 16.6 Å². The molecule has 2 aromatic rings. The summed E-state index contributed by atoms with van der Waals surface area (Å²) < 4.78 is 27.0. The van der Waals surface area contributed by atoms with E-state index < -0.39 is 16.0 Å². The van der Waals surface area contributed by atoms with Crippen LogP contribution in [0.2, 0.25) is 0 Å². The summed E-state index contributed by atoms with van der Waals surface area (Å²) in [5, 5.41) is 12.5. The normalized spacial score (nSPS) is 11.2. The highest BCUT2D eigenvalue weighted by Crippen LogP contribution is 2.21. The molecule has 7 heteroatoms. The van der Waals surface area contributed by atoms with Crippen molar-refractivity contribution in [3.8, 4) is 0 Å².